The molecule has 0 amide bonds. The van der Waals surface area contributed by atoms with E-state index in [2.05, 4.69) is 42.6 Å². The highest BCUT2D eigenvalue weighted by atomic mass is 35.5. The molecular formula is C21H20Cl2N2. The van der Waals surface area contributed by atoms with Crippen molar-refractivity contribution in [3.63, 3.8) is 0 Å². The monoisotopic (exact) mass is 370 g/mol. The summed E-state index contributed by atoms with van der Waals surface area (Å²) in [7, 11) is 0. The predicted molar refractivity (Wildman–Crippen MR) is 110 cm³/mol. The molecule has 0 aliphatic carbocycles. The van der Waals surface area contributed by atoms with Crippen LogP contribution in [0, 0.1) is 13.8 Å². The van der Waals surface area contributed by atoms with Crippen molar-refractivity contribution in [2.75, 3.05) is 5.43 Å². The fourth-order valence-electron chi connectivity index (χ4n) is 2.49. The number of halogens is 2. The van der Waals surface area contributed by atoms with E-state index in [4.69, 9.17) is 11.6 Å². The fraction of sp³-hybridized carbons (Fsp3) is 0.0952. The first-order valence-corrected chi connectivity index (χ1v) is 8.24. The minimum absolute atomic E-state index is 0. The maximum absolute atomic E-state index is 6.02. The molecule has 0 spiro atoms. The summed E-state index contributed by atoms with van der Waals surface area (Å²) in [5.41, 5.74) is 9.62. The average molecular weight is 371 g/mol. The normalized spacial score (nSPS) is 10.9. The average Bonchev–Trinajstić information content (AvgIpc) is 2.61. The van der Waals surface area contributed by atoms with E-state index in [-0.39, 0.29) is 12.4 Å². The summed E-state index contributed by atoms with van der Waals surface area (Å²) in [6.07, 6.45) is 0. The lowest BCUT2D eigenvalue weighted by Gasteiger charge is -2.11. The molecule has 4 heteroatoms. The zero-order valence-corrected chi connectivity index (χ0v) is 15.7. The molecule has 3 aromatic carbocycles. The van der Waals surface area contributed by atoms with Crippen molar-refractivity contribution in [1.82, 2.24) is 0 Å². The smallest absolute Gasteiger partial charge is 0.0977 e. The van der Waals surface area contributed by atoms with Crippen LogP contribution in [0.3, 0.4) is 0 Å². The van der Waals surface area contributed by atoms with Crippen LogP contribution >= 0.6 is 24.0 Å². The molecule has 1 N–H and O–H groups in total. The van der Waals surface area contributed by atoms with E-state index in [0.29, 0.717) is 5.02 Å². The number of anilines is 1. The van der Waals surface area contributed by atoms with Crippen LogP contribution in [-0.4, -0.2) is 5.71 Å². The van der Waals surface area contributed by atoms with Crippen LogP contribution in [0.5, 0.6) is 0 Å². The fourth-order valence-corrected chi connectivity index (χ4v) is 2.61. The first kappa shape index (κ1) is 19.0. The van der Waals surface area contributed by atoms with Crippen molar-refractivity contribution in [3.05, 3.63) is 100 Å². The second kappa shape index (κ2) is 8.70. The van der Waals surface area contributed by atoms with Crippen molar-refractivity contribution < 1.29 is 0 Å². The molecule has 3 aromatic rings. The highest BCUT2D eigenvalue weighted by molar-refractivity contribution is 6.30. The number of aryl methyl sites for hydroxylation is 1. The molecule has 3 rings (SSSR count). The molecule has 2 nitrogen and oxygen atoms in total. The molecule has 25 heavy (non-hydrogen) atoms. The zero-order chi connectivity index (χ0) is 16.9. The number of rotatable bonds is 4. The van der Waals surface area contributed by atoms with Gasteiger partial charge in [0.25, 0.3) is 0 Å². The van der Waals surface area contributed by atoms with Gasteiger partial charge < -0.3 is 0 Å². The number of hydrazone groups is 1. The van der Waals surface area contributed by atoms with Crippen LogP contribution in [0.15, 0.2) is 77.9 Å². The summed E-state index contributed by atoms with van der Waals surface area (Å²) in [6.45, 7) is 4.19. The summed E-state index contributed by atoms with van der Waals surface area (Å²) in [6, 6.07) is 24.0. The number of hydrogen-bond donors (Lipinski definition) is 1. The summed E-state index contributed by atoms with van der Waals surface area (Å²) < 4.78 is 0. The van der Waals surface area contributed by atoms with E-state index >= 15 is 0 Å². The molecule has 0 fully saturated rings. The molecule has 0 bridgehead atoms. The number of hydrogen-bond acceptors (Lipinski definition) is 2. The lowest BCUT2D eigenvalue weighted by atomic mass is 10.0. The van der Waals surface area contributed by atoms with Gasteiger partial charge in [-0.15, -0.1) is 12.4 Å². The van der Waals surface area contributed by atoms with Crippen molar-refractivity contribution in [1.29, 1.82) is 0 Å². The third-order valence-corrected chi connectivity index (χ3v) is 4.31. The Morgan fingerprint density at radius 1 is 0.800 bits per heavy atom. The van der Waals surface area contributed by atoms with E-state index in [0.717, 1.165) is 22.5 Å². The molecule has 0 heterocycles. The van der Waals surface area contributed by atoms with Gasteiger partial charge >= 0.3 is 0 Å². The third-order valence-electron chi connectivity index (χ3n) is 4.06. The SMILES string of the molecule is Cc1cccc(N/N=C(\c2ccccc2)c2ccc(Cl)cc2)c1C.Cl. The van der Waals surface area contributed by atoms with Crippen LogP contribution in [0.1, 0.15) is 22.3 Å². The van der Waals surface area contributed by atoms with Crippen LogP contribution in [-0.2, 0) is 0 Å². The van der Waals surface area contributed by atoms with Gasteiger partial charge in [0, 0.05) is 16.1 Å². The van der Waals surface area contributed by atoms with Crippen molar-refractivity contribution in [2.24, 2.45) is 5.10 Å². The summed E-state index contributed by atoms with van der Waals surface area (Å²) in [5.74, 6) is 0. The van der Waals surface area contributed by atoms with Crippen LogP contribution in [0.2, 0.25) is 5.02 Å². The van der Waals surface area contributed by atoms with Crippen LogP contribution in [0.4, 0.5) is 5.69 Å². The molecule has 0 aliphatic heterocycles. The molecule has 0 aliphatic rings. The topological polar surface area (TPSA) is 24.4 Å². The molecule has 0 saturated heterocycles. The second-order valence-electron chi connectivity index (χ2n) is 5.69. The maximum Gasteiger partial charge on any atom is 0.0977 e. The molecule has 0 radical (unpaired) electrons. The Kier molecular flexibility index (Phi) is 6.63. The summed E-state index contributed by atoms with van der Waals surface area (Å²) in [5, 5.41) is 5.41. The van der Waals surface area contributed by atoms with Gasteiger partial charge in [0.2, 0.25) is 0 Å². The molecule has 0 aromatic heterocycles. The van der Waals surface area contributed by atoms with Crippen molar-refractivity contribution in [2.45, 2.75) is 13.8 Å². The molecule has 0 atom stereocenters. The van der Waals surface area contributed by atoms with E-state index in [1.165, 1.54) is 11.1 Å². The molecule has 0 unspecified atom stereocenters. The third kappa shape index (κ3) is 4.62. The highest BCUT2D eigenvalue weighted by Gasteiger charge is 2.08. The maximum atomic E-state index is 6.02. The minimum atomic E-state index is 0. The van der Waals surface area contributed by atoms with Crippen molar-refractivity contribution in [3.8, 4) is 0 Å². The summed E-state index contributed by atoms with van der Waals surface area (Å²) in [4.78, 5) is 0. The Hall–Kier alpha value is -2.29. The van der Waals surface area contributed by atoms with Crippen LogP contribution < -0.4 is 5.43 Å². The van der Waals surface area contributed by atoms with Gasteiger partial charge in [-0.1, -0.05) is 66.2 Å². The van der Waals surface area contributed by atoms with Gasteiger partial charge in [-0.3, -0.25) is 5.43 Å². The first-order chi connectivity index (χ1) is 11.6. The van der Waals surface area contributed by atoms with Crippen molar-refractivity contribution >= 4 is 35.4 Å². The minimum Gasteiger partial charge on any atom is -0.278 e. The predicted octanol–water partition coefficient (Wildman–Crippen LogP) is 6.24. The largest absolute Gasteiger partial charge is 0.278 e. The molecular weight excluding hydrogens is 351 g/mol. The van der Waals surface area contributed by atoms with Gasteiger partial charge in [0.15, 0.2) is 0 Å². The summed E-state index contributed by atoms with van der Waals surface area (Å²) >= 11 is 6.02. The lowest BCUT2D eigenvalue weighted by molar-refractivity contribution is 1.26. The quantitative estimate of drug-likeness (QED) is 0.426. The number of benzene rings is 3. The second-order valence-corrected chi connectivity index (χ2v) is 6.13. The van der Waals surface area contributed by atoms with Gasteiger partial charge in [-0.2, -0.15) is 5.10 Å². The van der Waals surface area contributed by atoms with Gasteiger partial charge in [0.05, 0.1) is 11.4 Å². The molecule has 128 valence electrons. The Morgan fingerprint density at radius 3 is 2.12 bits per heavy atom. The Bertz CT molecular complexity index is 857. The van der Waals surface area contributed by atoms with E-state index < -0.39 is 0 Å². The van der Waals surface area contributed by atoms with Gasteiger partial charge in [-0.25, -0.2) is 0 Å². The number of nitrogens with zero attached hydrogens (tertiary/aromatic N) is 1. The van der Waals surface area contributed by atoms with E-state index in [9.17, 15) is 0 Å². The first-order valence-electron chi connectivity index (χ1n) is 7.86. The Balaban J connectivity index is 0.00000225. The lowest BCUT2D eigenvalue weighted by Crippen LogP contribution is -2.07. The Labute approximate surface area is 160 Å². The highest BCUT2D eigenvalue weighted by Crippen LogP contribution is 2.19. The Morgan fingerprint density at radius 2 is 1.44 bits per heavy atom. The molecule has 0 saturated carbocycles. The van der Waals surface area contributed by atoms with E-state index in [1.54, 1.807) is 0 Å². The number of nitrogens with one attached hydrogen (secondary N) is 1. The van der Waals surface area contributed by atoms with Gasteiger partial charge in [0.1, 0.15) is 0 Å². The zero-order valence-electron chi connectivity index (χ0n) is 14.2. The van der Waals surface area contributed by atoms with E-state index in [1.807, 2.05) is 54.6 Å². The van der Waals surface area contributed by atoms with Crippen LogP contribution in [0.25, 0.3) is 0 Å². The van der Waals surface area contributed by atoms with Gasteiger partial charge in [-0.05, 0) is 43.2 Å². The standard InChI is InChI=1S/C21H19ClN2.ClH/c1-15-7-6-10-20(16(15)2)23-24-21(17-8-4-3-5-9-17)18-11-13-19(22)14-12-18;/h3-14,23H,1-2H3;1H/b24-21+;.